The lowest BCUT2D eigenvalue weighted by molar-refractivity contribution is -0.146. The summed E-state index contributed by atoms with van der Waals surface area (Å²) in [5, 5.41) is 17.7. The lowest BCUT2D eigenvalue weighted by Gasteiger charge is -2.14. The molecule has 3 aromatic rings. The van der Waals surface area contributed by atoms with Crippen molar-refractivity contribution in [2.24, 2.45) is 0 Å². The summed E-state index contributed by atoms with van der Waals surface area (Å²) in [6.45, 7) is 0. The van der Waals surface area contributed by atoms with E-state index in [0.717, 1.165) is 6.07 Å². The highest BCUT2D eigenvalue weighted by molar-refractivity contribution is 6.36. The van der Waals surface area contributed by atoms with Gasteiger partial charge >= 0.3 is 12.1 Å². The van der Waals surface area contributed by atoms with Crippen LogP contribution in [0.4, 0.5) is 17.6 Å². The highest BCUT2D eigenvalue weighted by Gasteiger charge is 2.39. The van der Waals surface area contributed by atoms with Gasteiger partial charge in [-0.2, -0.15) is 17.9 Å². The summed E-state index contributed by atoms with van der Waals surface area (Å²) in [6.07, 6.45) is -4.98. The van der Waals surface area contributed by atoms with E-state index in [4.69, 9.17) is 11.6 Å². The summed E-state index contributed by atoms with van der Waals surface area (Å²) in [5.74, 6) is -4.83. The number of nitrogens with zero attached hydrogens (tertiary/aromatic N) is 4. The van der Waals surface area contributed by atoms with E-state index in [0.29, 0.717) is 5.56 Å². The first kappa shape index (κ1) is 17.8. The number of hydrogen-bond acceptors (Lipinski definition) is 4. The first-order chi connectivity index (χ1) is 12.2. The van der Waals surface area contributed by atoms with Gasteiger partial charge < -0.3 is 5.11 Å². The predicted octanol–water partition coefficient (Wildman–Crippen LogP) is 3.84. The van der Waals surface area contributed by atoms with Gasteiger partial charge in [0.05, 0.1) is 5.02 Å². The van der Waals surface area contributed by atoms with Gasteiger partial charge in [-0.05, 0) is 22.1 Å². The van der Waals surface area contributed by atoms with Crippen molar-refractivity contribution in [1.29, 1.82) is 0 Å². The Hall–Kier alpha value is -3.01. The average molecular weight is 387 g/mol. The Morgan fingerprint density at radius 1 is 1.19 bits per heavy atom. The van der Waals surface area contributed by atoms with Crippen LogP contribution in [-0.2, 0) is 6.18 Å². The minimum absolute atomic E-state index is 0.0182. The van der Waals surface area contributed by atoms with Crippen LogP contribution < -0.4 is 0 Å². The van der Waals surface area contributed by atoms with Gasteiger partial charge in [-0.15, -0.1) is 5.10 Å². The monoisotopic (exact) mass is 386 g/mol. The molecule has 11 heteroatoms. The molecule has 26 heavy (non-hydrogen) atoms. The molecule has 6 nitrogen and oxygen atoms in total. The largest absolute Gasteiger partial charge is 0.478 e. The van der Waals surface area contributed by atoms with Crippen LogP contribution >= 0.6 is 11.6 Å². The molecule has 0 fully saturated rings. The topological polar surface area (TPSA) is 80.9 Å². The highest BCUT2D eigenvalue weighted by atomic mass is 35.5. The summed E-state index contributed by atoms with van der Waals surface area (Å²) < 4.78 is 53.8. The molecule has 0 aliphatic carbocycles. The fraction of sp³-hybridized carbons (Fsp3) is 0.0667. The van der Waals surface area contributed by atoms with E-state index < -0.39 is 40.1 Å². The fourth-order valence-electron chi connectivity index (χ4n) is 2.32. The van der Waals surface area contributed by atoms with Crippen molar-refractivity contribution in [3.63, 3.8) is 0 Å². The molecule has 2 aromatic carbocycles. The second-order valence-electron chi connectivity index (χ2n) is 5.03. The Labute approximate surface area is 147 Å². The molecule has 0 saturated heterocycles. The van der Waals surface area contributed by atoms with Crippen molar-refractivity contribution in [2.45, 2.75) is 6.18 Å². The van der Waals surface area contributed by atoms with Crippen molar-refractivity contribution >= 4 is 17.6 Å². The van der Waals surface area contributed by atoms with Gasteiger partial charge in [0.15, 0.2) is 5.82 Å². The summed E-state index contributed by atoms with van der Waals surface area (Å²) in [7, 11) is 0. The van der Waals surface area contributed by atoms with Crippen molar-refractivity contribution < 1.29 is 27.5 Å². The van der Waals surface area contributed by atoms with Gasteiger partial charge in [0.1, 0.15) is 11.3 Å². The molecule has 1 aromatic heterocycles. The van der Waals surface area contributed by atoms with Crippen LogP contribution in [0.3, 0.4) is 0 Å². The normalized spacial score (nSPS) is 11.6. The van der Waals surface area contributed by atoms with Crippen molar-refractivity contribution in [3.05, 3.63) is 58.6 Å². The maximum atomic E-state index is 14.7. The number of aromatic nitrogens is 4. The quantitative estimate of drug-likeness (QED) is 0.692. The molecule has 0 bridgehead atoms. The molecule has 0 saturated carbocycles. The molecule has 3 rings (SSSR count). The maximum Gasteiger partial charge on any atom is 0.453 e. The Bertz CT molecular complexity index is 989. The Balaban J connectivity index is 2.36. The van der Waals surface area contributed by atoms with Crippen LogP contribution in [0.15, 0.2) is 36.4 Å². The molecular weight excluding hydrogens is 380 g/mol. The van der Waals surface area contributed by atoms with E-state index in [1.807, 2.05) is 0 Å². The molecule has 0 spiro atoms. The number of carboxylic acid groups (broad SMARTS) is 1. The predicted molar refractivity (Wildman–Crippen MR) is 81.5 cm³/mol. The lowest BCUT2D eigenvalue weighted by Crippen LogP contribution is -2.17. The van der Waals surface area contributed by atoms with Gasteiger partial charge in [-0.3, -0.25) is 0 Å². The summed E-state index contributed by atoms with van der Waals surface area (Å²) in [6, 6.07) is 8.92. The third kappa shape index (κ3) is 2.99. The van der Waals surface area contributed by atoms with Crippen LogP contribution in [0.5, 0.6) is 0 Å². The van der Waals surface area contributed by atoms with Crippen molar-refractivity contribution in [3.8, 4) is 16.8 Å². The molecule has 1 N–H and O–H groups in total. The molecule has 134 valence electrons. The van der Waals surface area contributed by atoms with Crippen LogP contribution in [-0.4, -0.2) is 31.3 Å². The number of aromatic carboxylic acids is 1. The lowest BCUT2D eigenvalue weighted by atomic mass is 10.0. The molecule has 0 aliphatic heterocycles. The standard InChI is InChI=1S/C15H7ClF4N4O2/c16-11-8(7-4-2-1-3-5-7)6-9(12(17)10(11)13(25)26)24-14(15(18,19)20)21-22-23-24/h1-6H,(H,25,26). The van der Waals surface area contributed by atoms with Gasteiger partial charge in [-0.25, -0.2) is 9.18 Å². The first-order valence-corrected chi connectivity index (χ1v) is 7.26. The van der Waals surface area contributed by atoms with Gasteiger partial charge in [0.25, 0.3) is 5.82 Å². The number of hydrogen-bond donors (Lipinski definition) is 1. The van der Waals surface area contributed by atoms with Crippen LogP contribution in [0.25, 0.3) is 16.8 Å². The Morgan fingerprint density at radius 2 is 1.85 bits per heavy atom. The number of tetrazole rings is 1. The van der Waals surface area contributed by atoms with Crippen molar-refractivity contribution in [2.75, 3.05) is 0 Å². The molecule has 0 unspecified atom stereocenters. The summed E-state index contributed by atoms with van der Waals surface area (Å²) >= 11 is 6.00. The zero-order valence-corrected chi connectivity index (χ0v) is 13.3. The summed E-state index contributed by atoms with van der Waals surface area (Å²) in [4.78, 5) is 11.4. The summed E-state index contributed by atoms with van der Waals surface area (Å²) in [5.41, 5.74) is -1.37. The zero-order chi connectivity index (χ0) is 19.1. The third-order valence-electron chi connectivity index (χ3n) is 3.43. The smallest absolute Gasteiger partial charge is 0.453 e. The highest BCUT2D eigenvalue weighted by Crippen LogP contribution is 2.37. The minimum Gasteiger partial charge on any atom is -0.478 e. The van der Waals surface area contributed by atoms with Crippen LogP contribution in [0.2, 0.25) is 5.02 Å². The number of carbonyl (C=O) groups is 1. The molecule has 0 aliphatic rings. The first-order valence-electron chi connectivity index (χ1n) is 6.88. The van der Waals surface area contributed by atoms with Crippen LogP contribution in [0.1, 0.15) is 16.2 Å². The third-order valence-corrected chi connectivity index (χ3v) is 3.82. The fourth-order valence-corrected chi connectivity index (χ4v) is 2.65. The number of halogens is 5. The Morgan fingerprint density at radius 3 is 2.42 bits per heavy atom. The van der Waals surface area contributed by atoms with E-state index in [1.165, 1.54) is 0 Å². The van der Waals surface area contributed by atoms with E-state index in [9.17, 15) is 27.5 Å². The van der Waals surface area contributed by atoms with Crippen LogP contribution in [0, 0.1) is 5.82 Å². The number of alkyl halides is 3. The molecule has 0 amide bonds. The molecular formula is C15H7ClF4N4O2. The molecule has 0 radical (unpaired) electrons. The van der Waals surface area contributed by atoms with E-state index >= 15 is 0 Å². The molecule has 1 heterocycles. The maximum absolute atomic E-state index is 14.7. The SMILES string of the molecule is O=C(O)c1c(F)c(-n2nnnc2C(F)(F)F)cc(-c2ccccc2)c1Cl. The number of carboxylic acids is 1. The van der Waals surface area contributed by atoms with Crippen molar-refractivity contribution in [1.82, 2.24) is 20.2 Å². The van der Waals surface area contributed by atoms with E-state index in [-0.39, 0.29) is 10.2 Å². The van der Waals surface area contributed by atoms with Gasteiger partial charge in [-0.1, -0.05) is 41.9 Å². The van der Waals surface area contributed by atoms with Gasteiger partial charge in [0.2, 0.25) is 0 Å². The molecule has 0 atom stereocenters. The average Bonchev–Trinajstić information content (AvgIpc) is 3.05. The second kappa shape index (κ2) is 6.37. The minimum atomic E-state index is -4.98. The number of benzene rings is 2. The van der Waals surface area contributed by atoms with E-state index in [2.05, 4.69) is 15.5 Å². The van der Waals surface area contributed by atoms with Gasteiger partial charge in [0, 0.05) is 5.56 Å². The Kier molecular flexibility index (Phi) is 4.36. The zero-order valence-electron chi connectivity index (χ0n) is 12.5. The number of rotatable bonds is 3. The van der Waals surface area contributed by atoms with E-state index in [1.54, 1.807) is 30.3 Å². The second-order valence-corrected chi connectivity index (χ2v) is 5.41.